The van der Waals surface area contributed by atoms with E-state index in [2.05, 4.69) is 0 Å². The molecule has 0 spiro atoms. The van der Waals surface area contributed by atoms with Crippen LogP contribution in [0, 0.1) is 5.92 Å². The lowest BCUT2D eigenvalue weighted by atomic mass is 10.1. The van der Waals surface area contributed by atoms with Gasteiger partial charge in [0, 0.05) is 19.7 Å². The van der Waals surface area contributed by atoms with Crippen LogP contribution >= 0.6 is 0 Å². The summed E-state index contributed by atoms with van der Waals surface area (Å²) in [5.74, 6) is -0.411. The summed E-state index contributed by atoms with van der Waals surface area (Å²) in [6.07, 6.45) is 3.09. The lowest BCUT2D eigenvalue weighted by Crippen LogP contribution is -2.32. The van der Waals surface area contributed by atoms with Gasteiger partial charge in [0.1, 0.15) is 13.2 Å². The van der Waals surface area contributed by atoms with E-state index in [1.54, 1.807) is 32.2 Å². The van der Waals surface area contributed by atoms with Gasteiger partial charge in [-0.25, -0.2) is 0 Å². The highest BCUT2D eigenvalue weighted by Gasteiger charge is 2.16. The molecule has 1 N–H and O–H groups in total. The fourth-order valence-electron chi connectivity index (χ4n) is 2.04. The predicted molar refractivity (Wildman–Crippen MR) is 80.9 cm³/mol. The largest absolute Gasteiger partial charge is 0.486 e. The van der Waals surface area contributed by atoms with Crippen LogP contribution in [0.1, 0.15) is 12.5 Å². The zero-order valence-corrected chi connectivity index (χ0v) is 12.6. The molecule has 1 aliphatic heterocycles. The molecule has 1 atom stereocenters. The predicted octanol–water partition coefficient (Wildman–Crippen LogP) is 1.65. The van der Waals surface area contributed by atoms with Crippen molar-refractivity contribution in [1.82, 2.24) is 4.90 Å². The lowest BCUT2D eigenvalue weighted by molar-refractivity contribution is -0.142. The summed E-state index contributed by atoms with van der Waals surface area (Å²) in [6, 6.07) is 5.43. The number of carbonyl (C=O) groups is 2. The first-order valence-electron chi connectivity index (χ1n) is 7.03. The molecule has 0 saturated carbocycles. The summed E-state index contributed by atoms with van der Waals surface area (Å²) in [5.41, 5.74) is 0.817. The number of aliphatic carboxylic acids is 1. The fraction of sp³-hybridized carbons (Fsp3) is 0.375. The van der Waals surface area contributed by atoms with Crippen LogP contribution in [0.2, 0.25) is 0 Å². The summed E-state index contributed by atoms with van der Waals surface area (Å²) in [6.45, 7) is 2.78. The standard InChI is InChI=1S/C16H19NO5/c1-11(16(19)20)10-17(2)15(18)6-4-12-3-5-13-14(9-12)22-8-7-21-13/h3-6,9,11H,7-8,10H2,1-2H3,(H,19,20). The van der Waals surface area contributed by atoms with Crippen LogP contribution in [-0.2, 0) is 9.59 Å². The van der Waals surface area contributed by atoms with E-state index < -0.39 is 11.9 Å². The van der Waals surface area contributed by atoms with Crippen molar-refractivity contribution in [1.29, 1.82) is 0 Å². The quantitative estimate of drug-likeness (QED) is 0.837. The second-order valence-corrected chi connectivity index (χ2v) is 5.19. The number of carboxylic acids is 1. The first-order chi connectivity index (χ1) is 10.5. The van der Waals surface area contributed by atoms with Crippen molar-refractivity contribution < 1.29 is 24.2 Å². The van der Waals surface area contributed by atoms with E-state index in [9.17, 15) is 9.59 Å². The number of carbonyl (C=O) groups excluding carboxylic acids is 1. The molecule has 1 aromatic carbocycles. The Hall–Kier alpha value is -2.50. The number of fused-ring (bicyclic) bond motifs is 1. The minimum Gasteiger partial charge on any atom is -0.486 e. The van der Waals surface area contributed by atoms with Crippen molar-refractivity contribution in [2.24, 2.45) is 5.92 Å². The van der Waals surface area contributed by atoms with Crippen molar-refractivity contribution in [3.8, 4) is 11.5 Å². The zero-order valence-electron chi connectivity index (χ0n) is 12.6. The van der Waals surface area contributed by atoms with Gasteiger partial charge in [-0.3, -0.25) is 9.59 Å². The molecule has 1 aromatic rings. The molecule has 118 valence electrons. The van der Waals surface area contributed by atoms with Crippen LogP contribution in [0.25, 0.3) is 6.08 Å². The Balaban J connectivity index is 1.98. The molecule has 6 heteroatoms. The van der Waals surface area contributed by atoms with Gasteiger partial charge in [-0.05, 0) is 23.8 Å². The smallest absolute Gasteiger partial charge is 0.308 e. The molecular weight excluding hydrogens is 286 g/mol. The second-order valence-electron chi connectivity index (χ2n) is 5.19. The van der Waals surface area contributed by atoms with E-state index in [1.165, 1.54) is 11.0 Å². The SMILES string of the molecule is CC(CN(C)C(=O)C=Cc1ccc2c(c1)OCCO2)C(=O)O. The van der Waals surface area contributed by atoms with E-state index >= 15 is 0 Å². The monoisotopic (exact) mass is 305 g/mol. The molecule has 0 saturated heterocycles. The maximum Gasteiger partial charge on any atom is 0.308 e. The van der Waals surface area contributed by atoms with Crippen molar-refractivity contribution >= 4 is 18.0 Å². The highest BCUT2D eigenvalue weighted by Crippen LogP contribution is 2.31. The van der Waals surface area contributed by atoms with Crippen LogP contribution < -0.4 is 9.47 Å². The third-order valence-corrected chi connectivity index (χ3v) is 3.33. The molecule has 1 amide bonds. The lowest BCUT2D eigenvalue weighted by Gasteiger charge is -2.18. The van der Waals surface area contributed by atoms with E-state index in [0.717, 1.165) is 5.56 Å². The number of rotatable bonds is 5. The summed E-state index contributed by atoms with van der Waals surface area (Å²) >= 11 is 0. The average Bonchev–Trinajstić information content (AvgIpc) is 2.52. The van der Waals surface area contributed by atoms with Crippen LogP contribution in [0.5, 0.6) is 11.5 Å². The number of amides is 1. The Morgan fingerprint density at radius 2 is 2.00 bits per heavy atom. The minimum absolute atomic E-state index is 0.166. The highest BCUT2D eigenvalue weighted by molar-refractivity contribution is 5.92. The Morgan fingerprint density at radius 1 is 1.32 bits per heavy atom. The number of carboxylic acid groups (broad SMARTS) is 1. The molecule has 2 rings (SSSR count). The molecule has 6 nitrogen and oxygen atoms in total. The van der Waals surface area contributed by atoms with Gasteiger partial charge in [-0.1, -0.05) is 13.0 Å². The van der Waals surface area contributed by atoms with Gasteiger partial charge in [-0.15, -0.1) is 0 Å². The van der Waals surface area contributed by atoms with E-state index in [1.807, 2.05) is 6.07 Å². The Bertz CT molecular complexity index is 596. The number of hydrogen-bond acceptors (Lipinski definition) is 4. The molecular formula is C16H19NO5. The number of likely N-dealkylation sites (N-methyl/N-ethyl adjacent to an activating group) is 1. The van der Waals surface area contributed by atoms with Crippen LogP contribution in [0.4, 0.5) is 0 Å². The molecule has 1 aliphatic rings. The topological polar surface area (TPSA) is 76.1 Å². The summed E-state index contributed by atoms with van der Waals surface area (Å²) < 4.78 is 10.9. The zero-order chi connectivity index (χ0) is 16.1. The van der Waals surface area contributed by atoms with Gasteiger partial charge in [0.2, 0.25) is 5.91 Å². The number of benzene rings is 1. The highest BCUT2D eigenvalue weighted by atomic mass is 16.6. The average molecular weight is 305 g/mol. The molecule has 0 aliphatic carbocycles. The molecule has 1 heterocycles. The van der Waals surface area contributed by atoms with Crippen molar-refractivity contribution in [3.63, 3.8) is 0 Å². The Labute approximate surface area is 128 Å². The molecule has 22 heavy (non-hydrogen) atoms. The number of hydrogen-bond donors (Lipinski definition) is 1. The van der Waals surface area contributed by atoms with Gasteiger partial charge >= 0.3 is 5.97 Å². The van der Waals surface area contributed by atoms with E-state index in [0.29, 0.717) is 24.7 Å². The third kappa shape index (κ3) is 4.00. The fourth-order valence-corrected chi connectivity index (χ4v) is 2.04. The molecule has 0 radical (unpaired) electrons. The molecule has 0 bridgehead atoms. The number of nitrogens with zero attached hydrogens (tertiary/aromatic N) is 1. The maximum absolute atomic E-state index is 12.0. The van der Waals surface area contributed by atoms with E-state index in [-0.39, 0.29) is 12.5 Å². The van der Waals surface area contributed by atoms with Crippen molar-refractivity contribution in [2.45, 2.75) is 6.92 Å². The molecule has 0 fully saturated rings. The van der Waals surface area contributed by atoms with Gasteiger partial charge in [0.15, 0.2) is 11.5 Å². The molecule has 0 aromatic heterocycles. The van der Waals surface area contributed by atoms with Crippen LogP contribution in [0.15, 0.2) is 24.3 Å². The van der Waals surface area contributed by atoms with Crippen molar-refractivity contribution in [3.05, 3.63) is 29.8 Å². The Morgan fingerprint density at radius 3 is 2.68 bits per heavy atom. The van der Waals surface area contributed by atoms with Crippen LogP contribution in [-0.4, -0.2) is 48.7 Å². The first-order valence-corrected chi connectivity index (χ1v) is 7.03. The van der Waals surface area contributed by atoms with Crippen LogP contribution in [0.3, 0.4) is 0 Å². The molecule has 1 unspecified atom stereocenters. The minimum atomic E-state index is -0.921. The Kier molecular flexibility index (Phi) is 5.04. The summed E-state index contributed by atoms with van der Waals surface area (Å²) in [5, 5.41) is 8.85. The third-order valence-electron chi connectivity index (χ3n) is 3.33. The van der Waals surface area contributed by atoms with Gasteiger partial charge < -0.3 is 19.5 Å². The normalized spacial score (nSPS) is 14.6. The summed E-state index contributed by atoms with van der Waals surface area (Å²) in [7, 11) is 1.58. The van der Waals surface area contributed by atoms with Gasteiger partial charge in [0.25, 0.3) is 0 Å². The maximum atomic E-state index is 12.0. The second kappa shape index (κ2) is 6.98. The van der Waals surface area contributed by atoms with Crippen molar-refractivity contribution in [2.75, 3.05) is 26.8 Å². The summed E-state index contributed by atoms with van der Waals surface area (Å²) in [4.78, 5) is 24.1. The number of ether oxygens (including phenoxy) is 2. The van der Waals surface area contributed by atoms with Gasteiger partial charge in [0.05, 0.1) is 5.92 Å². The first kappa shape index (κ1) is 15.9. The van der Waals surface area contributed by atoms with E-state index in [4.69, 9.17) is 14.6 Å². The van der Waals surface area contributed by atoms with Gasteiger partial charge in [-0.2, -0.15) is 0 Å².